The van der Waals surface area contributed by atoms with Crippen LogP contribution in [0.4, 0.5) is 5.13 Å². The Hall–Kier alpha value is -3.21. The Morgan fingerprint density at radius 3 is 2.65 bits per heavy atom. The van der Waals surface area contributed by atoms with Gasteiger partial charge in [0.25, 0.3) is 0 Å². The van der Waals surface area contributed by atoms with Gasteiger partial charge in [-0.1, -0.05) is 36.4 Å². The zero-order chi connectivity index (χ0) is 25.5. The van der Waals surface area contributed by atoms with Crippen molar-refractivity contribution in [3.63, 3.8) is 0 Å². The maximum Gasteiger partial charge on any atom is 0.231 e. The van der Waals surface area contributed by atoms with Crippen molar-refractivity contribution >= 4 is 22.6 Å². The molecule has 2 aliphatic rings. The third-order valence-corrected chi connectivity index (χ3v) is 7.48. The molecule has 0 atom stereocenters. The van der Waals surface area contributed by atoms with Crippen LogP contribution < -0.4 is 14.4 Å². The van der Waals surface area contributed by atoms with Crippen molar-refractivity contribution in [3.05, 3.63) is 65.5 Å². The number of anilines is 1. The average Bonchev–Trinajstić information content (AvgIpc) is 3.59. The molecule has 3 aromatic rings. The number of fused-ring (bicyclic) bond motifs is 1. The van der Waals surface area contributed by atoms with E-state index in [1.54, 1.807) is 7.11 Å². The Labute approximate surface area is 221 Å². The summed E-state index contributed by atoms with van der Waals surface area (Å²) >= 11 is 1.38. The lowest BCUT2D eigenvalue weighted by Gasteiger charge is -2.35. The van der Waals surface area contributed by atoms with E-state index in [9.17, 15) is 4.79 Å². The van der Waals surface area contributed by atoms with Crippen LogP contribution in [-0.2, 0) is 22.5 Å². The molecular formula is C27H33N5O4S. The standard InChI is InChI=1S/C27H33N5O4S/c1-34-16-15-32(27-28-25(29-37-27)18-21-5-3-2-4-6-21)10-9-26(33)31-13-11-30(12-14-31)19-22-7-8-23-24(17-22)36-20-35-23/h2-8,17H,9-16,18-20H2,1H3. The summed E-state index contributed by atoms with van der Waals surface area (Å²) in [6.45, 7) is 6.15. The van der Waals surface area contributed by atoms with Gasteiger partial charge in [0.15, 0.2) is 11.5 Å². The van der Waals surface area contributed by atoms with Crippen LogP contribution in [0.25, 0.3) is 0 Å². The van der Waals surface area contributed by atoms with Crippen LogP contribution in [0.3, 0.4) is 0 Å². The van der Waals surface area contributed by atoms with E-state index in [1.807, 2.05) is 35.2 Å². The van der Waals surface area contributed by atoms with E-state index in [0.29, 0.717) is 32.5 Å². The van der Waals surface area contributed by atoms with E-state index >= 15 is 0 Å². The van der Waals surface area contributed by atoms with Gasteiger partial charge in [-0.15, -0.1) is 0 Å². The fourth-order valence-electron chi connectivity index (χ4n) is 4.57. The third kappa shape index (κ3) is 6.76. The fourth-order valence-corrected chi connectivity index (χ4v) is 5.31. The number of hydrogen-bond donors (Lipinski definition) is 0. The predicted octanol–water partition coefficient (Wildman–Crippen LogP) is 3.04. The minimum atomic E-state index is 0.180. The number of carbonyl (C=O) groups is 1. The molecule has 5 rings (SSSR count). The second-order valence-corrected chi connectivity index (χ2v) is 9.96. The van der Waals surface area contributed by atoms with Crippen molar-refractivity contribution in [1.29, 1.82) is 0 Å². The van der Waals surface area contributed by atoms with Crippen molar-refractivity contribution in [3.8, 4) is 11.5 Å². The maximum atomic E-state index is 13.0. The molecule has 2 aromatic carbocycles. The van der Waals surface area contributed by atoms with E-state index in [-0.39, 0.29) is 12.7 Å². The van der Waals surface area contributed by atoms with Gasteiger partial charge in [-0.2, -0.15) is 4.37 Å². The summed E-state index contributed by atoms with van der Waals surface area (Å²) in [5, 5.41) is 0.837. The van der Waals surface area contributed by atoms with E-state index in [1.165, 1.54) is 22.7 Å². The topological polar surface area (TPSA) is 80.3 Å². The van der Waals surface area contributed by atoms with E-state index < -0.39 is 0 Å². The molecule has 10 heteroatoms. The SMILES string of the molecule is COCCN(CCC(=O)N1CCN(Cc2ccc3c(c2)OCO3)CC1)c1nc(Cc2ccccc2)ns1. The number of piperazine rings is 1. The van der Waals surface area contributed by atoms with Gasteiger partial charge in [0.1, 0.15) is 5.82 Å². The van der Waals surface area contributed by atoms with Gasteiger partial charge in [-0.3, -0.25) is 9.69 Å². The minimum Gasteiger partial charge on any atom is -0.454 e. The van der Waals surface area contributed by atoms with Crippen LogP contribution in [0.15, 0.2) is 48.5 Å². The van der Waals surface area contributed by atoms with Gasteiger partial charge in [0.05, 0.1) is 6.61 Å². The molecule has 0 unspecified atom stereocenters. The van der Waals surface area contributed by atoms with Crippen molar-refractivity contribution in [2.24, 2.45) is 0 Å². The normalized spacial score (nSPS) is 15.2. The van der Waals surface area contributed by atoms with Crippen molar-refractivity contribution in [1.82, 2.24) is 19.2 Å². The molecule has 3 heterocycles. The molecule has 0 spiro atoms. The molecule has 0 radical (unpaired) electrons. The number of hydrogen-bond acceptors (Lipinski definition) is 9. The van der Waals surface area contributed by atoms with Crippen molar-refractivity contribution < 1.29 is 19.0 Å². The van der Waals surface area contributed by atoms with Gasteiger partial charge in [0.2, 0.25) is 17.8 Å². The third-order valence-electron chi connectivity index (χ3n) is 6.66. The highest BCUT2D eigenvalue weighted by Gasteiger charge is 2.23. The Bertz CT molecular complexity index is 1170. The number of amides is 1. The fraction of sp³-hybridized carbons (Fsp3) is 0.444. The molecule has 0 aliphatic carbocycles. The molecule has 1 fully saturated rings. The first-order chi connectivity index (χ1) is 18.2. The van der Waals surface area contributed by atoms with Gasteiger partial charge in [0, 0.05) is 77.3 Å². The van der Waals surface area contributed by atoms with Crippen LogP contribution in [0.5, 0.6) is 11.5 Å². The number of nitrogens with zero attached hydrogens (tertiary/aromatic N) is 5. The number of aromatic nitrogens is 2. The minimum absolute atomic E-state index is 0.180. The molecule has 1 saturated heterocycles. The number of ether oxygens (including phenoxy) is 3. The number of carbonyl (C=O) groups excluding carboxylic acids is 1. The Morgan fingerprint density at radius 2 is 1.84 bits per heavy atom. The second-order valence-electron chi connectivity index (χ2n) is 9.23. The van der Waals surface area contributed by atoms with Crippen LogP contribution in [0.2, 0.25) is 0 Å². The number of benzene rings is 2. The monoisotopic (exact) mass is 523 g/mol. The number of rotatable bonds is 11. The van der Waals surface area contributed by atoms with E-state index in [4.69, 9.17) is 19.2 Å². The van der Waals surface area contributed by atoms with E-state index in [2.05, 4.69) is 32.4 Å². The largest absolute Gasteiger partial charge is 0.454 e. The second kappa shape index (κ2) is 12.4. The molecule has 196 valence electrons. The molecule has 37 heavy (non-hydrogen) atoms. The lowest BCUT2D eigenvalue weighted by Crippen LogP contribution is -2.48. The molecule has 0 bridgehead atoms. The first-order valence-electron chi connectivity index (χ1n) is 12.7. The highest BCUT2D eigenvalue weighted by atomic mass is 32.1. The molecular weight excluding hydrogens is 490 g/mol. The summed E-state index contributed by atoms with van der Waals surface area (Å²) in [4.78, 5) is 24.3. The zero-order valence-electron chi connectivity index (χ0n) is 21.2. The lowest BCUT2D eigenvalue weighted by molar-refractivity contribution is -0.132. The van der Waals surface area contributed by atoms with Crippen LogP contribution in [0.1, 0.15) is 23.4 Å². The van der Waals surface area contributed by atoms with Gasteiger partial charge in [-0.25, -0.2) is 4.98 Å². The summed E-state index contributed by atoms with van der Waals surface area (Å²) in [6.07, 6.45) is 1.14. The van der Waals surface area contributed by atoms with Crippen LogP contribution in [-0.4, -0.2) is 84.8 Å². The van der Waals surface area contributed by atoms with Gasteiger partial charge < -0.3 is 24.0 Å². The summed E-state index contributed by atoms with van der Waals surface area (Å²) in [5.74, 6) is 2.60. The molecule has 1 aromatic heterocycles. The summed E-state index contributed by atoms with van der Waals surface area (Å²) in [6, 6.07) is 16.3. The molecule has 0 N–H and O–H groups in total. The van der Waals surface area contributed by atoms with Crippen molar-refractivity contribution in [2.45, 2.75) is 19.4 Å². The Kier molecular flexibility index (Phi) is 8.49. The average molecular weight is 524 g/mol. The zero-order valence-corrected chi connectivity index (χ0v) is 22.0. The first-order valence-corrected chi connectivity index (χ1v) is 13.4. The highest BCUT2D eigenvalue weighted by molar-refractivity contribution is 7.09. The van der Waals surface area contributed by atoms with Gasteiger partial charge >= 0.3 is 0 Å². The summed E-state index contributed by atoms with van der Waals surface area (Å²) in [5.41, 5.74) is 2.38. The molecule has 0 saturated carbocycles. The number of methoxy groups -OCH3 is 1. The van der Waals surface area contributed by atoms with Crippen LogP contribution >= 0.6 is 11.5 Å². The smallest absolute Gasteiger partial charge is 0.231 e. The summed E-state index contributed by atoms with van der Waals surface area (Å²) < 4.78 is 20.8. The predicted molar refractivity (Wildman–Crippen MR) is 142 cm³/mol. The molecule has 9 nitrogen and oxygen atoms in total. The molecule has 2 aliphatic heterocycles. The molecule has 1 amide bonds. The Morgan fingerprint density at radius 1 is 1.03 bits per heavy atom. The lowest BCUT2D eigenvalue weighted by atomic mass is 10.1. The first kappa shape index (κ1) is 25.4. The Balaban J connectivity index is 1.10. The highest BCUT2D eigenvalue weighted by Crippen LogP contribution is 2.32. The van der Waals surface area contributed by atoms with Gasteiger partial charge in [-0.05, 0) is 23.3 Å². The maximum absolute atomic E-state index is 13.0. The van der Waals surface area contributed by atoms with E-state index in [0.717, 1.165) is 55.2 Å². The van der Waals surface area contributed by atoms with Crippen LogP contribution in [0, 0.1) is 0 Å². The quantitative estimate of drug-likeness (QED) is 0.380. The van der Waals surface area contributed by atoms with Crippen molar-refractivity contribution in [2.75, 3.05) is 64.7 Å². The summed E-state index contributed by atoms with van der Waals surface area (Å²) in [7, 11) is 1.69.